The molecule has 55 heavy (non-hydrogen) atoms. The van der Waals surface area contributed by atoms with Gasteiger partial charge >= 0.3 is 0 Å². The Morgan fingerprint density at radius 1 is 0.273 bits per heavy atom. The van der Waals surface area contributed by atoms with Crippen molar-refractivity contribution in [2.45, 2.75) is 0 Å². The van der Waals surface area contributed by atoms with Gasteiger partial charge in [-0.2, -0.15) is 0 Å². The molecule has 12 rings (SSSR count). The fraction of sp³-hybridized carbons (Fsp3) is 0. The highest BCUT2D eigenvalue weighted by molar-refractivity contribution is 6.26. The normalized spacial score (nSPS) is 12.0. The Bertz CT molecular complexity index is 3100. The summed E-state index contributed by atoms with van der Waals surface area (Å²) in [4.78, 5) is 7.19. The summed E-state index contributed by atoms with van der Waals surface area (Å²) in [6.07, 6.45) is 1.88. The lowest BCUT2D eigenvalue weighted by atomic mass is 9.90. The molecule has 254 valence electrons. The number of anilines is 3. The first kappa shape index (κ1) is 30.2. The molecule has 2 nitrogen and oxygen atoms in total. The lowest BCUT2D eigenvalue weighted by Gasteiger charge is -2.28. The van der Waals surface area contributed by atoms with Crippen LogP contribution in [-0.2, 0) is 0 Å². The highest BCUT2D eigenvalue weighted by atomic mass is 15.1. The monoisotopic (exact) mass is 696 g/mol. The smallest absolute Gasteiger partial charge is 0.0722 e. The van der Waals surface area contributed by atoms with E-state index < -0.39 is 0 Å². The zero-order valence-electron chi connectivity index (χ0n) is 29.9. The molecule has 0 aliphatic carbocycles. The molecule has 1 heterocycles. The molecule has 0 aliphatic rings. The quantitative estimate of drug-likeness (QED) is 0.167. The molecule has 1 aromatic heterocycles. The van der Waals surface area contributed by atoms with E-state index in [4.69, 9.17) is 4.98 Å². The van der Waals surface area contributed by atoms with Crippen molar-refractivity contribution in [3.05, 3.63) is 194 Å². The fourth-order valence-electron chi connectivity index (χ4n) is 9.14. The first-order valence-corrected chi connectivity index (χ1v) is 18.9. The van der Waals surface area contributed by atoms with Crippen LogP contribution >= 0.6 is 0 Å². The molecule has 0 unspecified atom stereocenters. The van der Waals surface area contributed by atoms with Crippen LogP contribution in [0.4, 0.5) is 17.1 Å². The van der Waals surface area contributed by atoms with Crippen LogP contribution in [0.3, 0.4) is 0 Å². The fourth-order valence-corrected chi connectivity index (χ4v) is 9.14. The van der Waals surface area contributed by atoms with Gasteiger partial charge in [0.15, 0.2) is 0 Å². The van der Waals surface area contributed by atoms with Crippen molar-refractivity contribution in [3.8, 4) is 22.3 Å². The summed E-state index contributed by atoms with van der Waals surface area (Å²) in [5.74, 6) is 0. The van der Waals surface area contributed by atoms with Gasteiger partial charge in [0.05, 0.1) is 5.52 Å². The van der Waals surface area contributed by atoms with Crippen molar-refractivity contribution < 1.29 is 0 Å². The lowest BCUT2D eigenvalue weighted by molar-refractivity contribution is 1.30. The molecule has 0 atom stereocenters. The van der Waals surface area contributed by atoms with Crippen molar-refractivity contribution in [2.24, 2.45) is 0 Å². The van der Waals surface area contributed by atoms with Crippen molar-refractivity contribution in [3.63, 3.8) is 0 Å². The Labute approximate surface area is 317 Å². The third-order valence-electron chi connectivity index (χ3n) is 11.6. The molecule has 0 amide bonds. The Balaban J connectivity index is 1.07. The van der Waals surface area contributed by atoms with E-state index in [0.717, 1.165) is 28.0 Å². The number of hydrogen-bond donors (Lipinski definition) is 0. The van der Waals surface area contributed by atoms with E-state index in [2.05, 4.69) is 187 Å². The molecule has 0 bridgehead atoms. The van der Waals surface area contributed by atoms with Gasteiger partial charge in [0.2, 0.25) is 0 Å². The molecule has 0 N–H and O–H groups in total. The van der Waals surface area contributed by atoms with Gasteiger partial charge in [-0.15, -0.1) is 0 Å². The van der Waals surface area contributed by atoms with Crippen LogP contribution in [0.1, 0.15) is 0 Å². The molecule has 12 aromatic rings. The van der Waals surface area contributed by atoms with Gasteiger partial charge in [0.1, 0.15) is 0 Å². The Hall–Kier alpha value is -7.29. The molecule has 0 radical (unpaired) electrons. The molecule has 2 heteroatoms. The minimum absolute atomic E-state index is 0.976. The maximum Gasteiger partial charge on any atom is 0.0722 e. The van der Waals surface area contributed by atoms with Crippen LogP contribution in [0, 0.1) is 0 Å². The molecule has 0 aliphatic heterocycles. The van der Waals surface area contributed by atoms with Crippen molar-refractivity contribution in [1.82, 2.24) is 4.98 Å². The van der Waals surface area contributed by atoms with Gasteiger partial charge < -0.3 is 4.90 Å². The summed E-state index contributed by atoms with van der Waals surface area (Å²) in [7, 11) is 0. The van der Waals surface area contributed by atoms with Crippen LogP contribution < -0.4 is 4.90 Å². The summed E-state index contributed by atoms with van der Waals surface area (Å²) in [5.41, 5.74) is 9.25. The van der Waals surface area contributed by atoms with Gasteiger partial charge in [0, 0.05) is 28.6 Å². The average Bonchev–Trinajstić information content (AvgIpc) is 3.25. The first-order valence-electron chi connectivity index (χ1n) is 18.9. The average molecular weight is 697 g/mol. The zero-order valence-corrected chi connectivity index (χ0v) is 29.9. The Morgan fingerprint density at radius 3 is 1.07 bits per heavy atom. The maximum absolute atomic E-state index is 4.77. The Morgan fingerprint density at radius 2 is 0.655 bits per heavy atom. The number of rotatable bonds is 5. The van der Waals surface area contributed by atoms with Crippen LogP contribution in [0.15, 0.2) is 194 Å². The van der Waals surface area contributed by atoms with E-state index in [1.165, 1.54) is 86.9 Å². The molecule has 0 fully saturated rings. The molecule has 11 aromatic carbocycles. The van der Waals surface area contributed by atoms with E-state index in [9.17, 15) is 0 Å². The number of aromatic nitrogens is 1. The minimum Gasteiger partial charge on any atom is -0.310 e. The predicted molar refractivity (Wildman–Crippen MR) is 235 cm³/mol. The molecule has 0 saturated heterocycles. The predicted octanol–water partition coefficient (Wildman–Crippen LogP) is 14.8. The number of nitrogens with zero attached hydrogens (tertiary/aromatic N) is 2. The van der Waals surface area contributed by atoms with E-state index >= 15 is 0 Å². The minimum atomic E-state index is 0.976. The van der Waals surface area contributed by atoms with Gasteiger partial charge in [-0.25, -0.2) is 0 Å². The van der Waals surface area contributed by atoms with Gasteiger partial charge in [-0.1, -0.05) is 121 Å². The number of hydrogen-bond acceptors (Lipinski definition) is 2. The van der Waals surface area contributed by atoms with Crippen LogP contribution in [0.5, 0.6) is 0 Å². The summed E-state index contributed by atoms with van der Waals surface area (Å²) < 4.78 is 0. The maximum atomic E-state index is 4.77. The molecular weight excluding hydrogens is 665 g/mol. The molecule has 0 spiro atoms. The lowest BCUT2D eigenvalue weighted by Crippen LogP contribution is -2.10. The zero-order chi connectivity index (χ0) is 36.0. The van der Waals surface area contributed by atoms with Crippen LogP contribution in [0.2, 0.25) is 0 Å². The van der Waals surface area contributed by atoms with Gasteiger partial charge in [-0.05, 0) is 154 Å². The van der Waals surface area contributed by atoms with Gasteiger partial charge in [-0.3, -0.25) is 4.98 Å². The second-order valence-electron chi connectivity index (χ2n) is 14.8. The van der Waals surface area contributed by atoms with E-state index in [-0.39, 0.29) is 0 Å². The van der Waals surface area contributed by atoms with Gasteiger partial charge in [0.25, 0.3) is 0 Å². The molecular formula is C53H32N2. The summed E-state index contributed by atoms with van der Waals surface area (Å²) >= 11 is 0. The SMILES string of the molecule is c1ccc(-c2cc3ccc4cc(N(c5cc6ccc7cc(-c8ccccc8)cc8ccc(c5)c6c78)c5ccc6cccnc6c5)cc5ccc(c2)c3c45)cc1. The second-order valence-corrected chi connectivity index (χ2v) is 14.8. The topological polar surface area (TPSA) is 16.1 Å². The largest absolute Gasteiger partial charge is 0.310 e. The molecule has 0 saturated carbocycles. The third-order valence-corrected chi connectivity index (χ3v) is 11.6. The third kappa shape index (κ3) is 4.72. The number of fused-ring (bicyclic) bond motifs is 1. The summed E-state index contributed by atoms with van der Waals surface area (Å²) in [6.45, 7) is 0. The number of pyridine rings is 1. The Kier molecular flexibility index (Phi) is 6.37. The first-order chi connectivity index (χ1) is 27.2. The van der Waals surface area contributed by atoms with E-state index in [1.807, 2.05) is 12.3 Å². The number of benzene rings is 11. The van der Waals surface area contributed by atoms with Crippen molar-refractivity contribution in [1.29, 1.82) is 0 Å². The van der Waals surface area contributed by atoms with Crippen LogP contribution in [0.25, 0.3) is 97.8 Å². The summed E-state index contributed by atoms with van der Waals surface area (Å²) in [5, 5.41) is 16.4. The van der Waals surface area contributed by atoms with Crippen molar-refractivity contribution >= 4 is 92.6 Å². The van der Waals surface area contributed by atoms with Crippen molar-refractivity contribution in [2.75, 3.05) is 4.90 Å². The standard InChI is InChI=1S/C53H32N2/c1-3-8-33(9-4-1)44-24-36-13-17-40-28-47(29-41-18-14-37(25-44)50(36)52(40)41)55(46-22-21-35-12-7-23-54-49(35)32-46)48-30-42-19-15-38-26-45(34-10-5-2-6-11-34)27-39-16-20-43(31-48)53(42)51(38)39/h1-32H. The summed E-state index contributed by atoms with van der Waals surface area (Å²) in [6, 6.07) is 69.3. The highest BCUT2D eigenvalue weighted by Crippen LogP contribution is 2.45. The van der Waals surface area contributed by atoms with E-state index in [0.29, 0.717) is 0 Å². The van der Waals surface area contributed by atoms with E-state index in [1.54, 1.807) is 0 Å². The van der Waals surface area contributed by atoms with Crippen LogP contribution in [-0.4, -0.2) is 4.98 Å². The second kappa shape index (κ2) is 11.6. The highest BCUT2D eigenvalue weighted by Gasteiger charge is 2.20.